The lowest BCUT2D eigenvalue weighted by Crippen LogP contribution is -2.46. The fraction of sp³-hybridized carbons (Fsp3) is 0.467. The average molecular weight is 380 g/mol. The molecule has 1 fully saturated rings. The largest absolute Gasteiger partial charge is 0.471 e. The lowest BCUT2D eigenvalue weighted by atomic mass is 10.1. The van der Waals surface area contributed by atoms with Gasteiger partial charge in [-0.2, -0.15) is 13.2 Å². The van der Waals surface area contributed by atoms with Gasteiger partial charge in [0.25, 0.3) is 0 Å². The van der Waals surface area contributed by atoms with Gasteiger partial charge in [-0.1, -0.05) is 23.7 Å². The van der Waals surface area contributed by atoms with Crippen LogP contribution >= 0.6 is 23.8 Å². The molecular formula is C15H17ClF3N3OS. The van der Waals surface area contributed by atoms with Crippen molar-refractivity contribution >= 4 is 34.8 Å². The maximum Gasteiger partial charge on any atom is 0.471 e. The minimum Gasteiger partial charge on any atom is -0.362 e. The first-order chi connectivity index (χ1) is 11.3. The summed E-state index contributed by atoms with van der Waals surface area (Å²) in [5.41, 5.74) is 1.10. The Balaban J connectivity index is 1.72. The Morgan fingerprint density at radius 3 is 2.62 bits per heavy atom. The molecule has 2 N–H and O–H groups in total. The fourth-order valence-electron chi connectivity index (χ4n) is 2.41. The third kappa shape index (κ3) is 5.52. The molecule has 1 aromatic carbocycles. The van der Waals surface area contributed by atoms with Gasteiger partial charge in [0.2, 0.25) is 0 Å². The van der Waals surface area contributed by atoms with Gasteiger partial charge in [0, 0.05) is 30.7 Å². The summed E-state index contributed by atoms with van der Waals surface area (Å²) in [5, 5.41) is 6.22. The molecule has 0 aromatic heterocycles. The Bertz CT molecular complexity index is 595. The van der Waals surface area contributed by atoms with Crippen molar-refractivity contribution in [2.24, 2.45) is 0 Å². The van der Waals surface area contributed by atoms with Crippen molar-refractivity contribution in [1.82, 2.24) is 15.5 Å². The van der Waals surface area contributed by atoms with Crippen molar-refractivity contribution in [3.05, 3.63) is 34.9 Å². The molecule has 0 spiro atoms. The van der Waals surface area contributed by atoms with Crippen molar-refractivity contribution < 1.29 is 18.0 Å². The topological polar surface area (TPSA) is 44.4 Å². The van der Waals surface area contributed by atoms with Crippen LogP contribution < -0.4 is 10.6 Å². The molecule has 132 valence electrons. The summed E-state index contributed by atoms with van der Waals surface area (Å²) in [4.78, 5) is 12.7. The van der Waals surface area contributed by atoms with Crippen LogP contribution in [0.15, 0.2) is 24.3 Å². The van der Waals surface area contributed by atoms with Crippen molar-refractivity contribution in [2.45, 2.75) is 25.1 Å². The molecule has 9 heteroatoms. The Morgan fingerprint density at radius 1 is 1.33 bits per heavy atom. The summed E-state index contributed by atoms with van der Waals surface area (Å²) < 4.78 is 36.7. The molecule has 0 radical (unpaired) electrons. The van der Waals surface area contributed by atoms with E-state index >= 15 is 0 Å². The predicted octanol–water partition coefficient (Wildman–Crippen LogP) is 2.51. The van der Waals surface area contributed by atoms with Gasteiger partial charge in [-0.25, -0.2) is 0 Å². The molecule has 0 bridgehead atoms. The second-order valence-corrected chi connectivity index (χ2v) is 6.33. The standard InChI is InChI=1S/C15H17ClF3N3OS/c16-11-3-1-10(2-4-11)5-7-20-14(24)22-8-6-12(9-22)21-13(23)15(17,18)19/h1-4,12H,5-9H2,(H,20,24)(H,21,23). The third-order valence-electron chi connectivity index (χ3n) is 3.67. The van der Waals surface area contributed by atoms with Gasteiger partial charge < -0.3 is 15.5 Å². The molecule has 2 rings (SSSR count). The van der Waals surface area contributed by atoms with Gasteiger partial charge in [-0.05, 0) is 42.8 Å². The monoisotopic (exact) mass is 379 g/mol. The van der Waals surface area contributed by atoms with Crippen LogP contribution in [0, 0.1) is 0 Å². The van der Waals surface area contributed by atoms with E-state index in [-0.39, 0.29) is 6.54 Å². The molecule has 1 unspecified atom stereocenters. The zero-order valence-corrected chi connectivity index (χ0v) is 14.3. The molecular weight excluding hydrogens is 363 g/mol. The number of hydrogen-bond acceptors (Lipinski definition) is 2. The van der Waals surface area contributed by atoms with Gasteiger partial charge in [-0.3, -0.25) is 4.79 Å². The average Bonchev–Trinajstić information content (AvgIpc) is 2.97. The number of alkyl halides is 3. The predicted molar refractivity (Wildman–Crippen MR) is 89.9 cm³/mol. The summed E-state index contributed by atoms with van der Waals surface area (Å²) in [6.07, 6.45) is -3.68. The fourth-order valence-corrected chi connectivity index (χ4v) is 2.80. The van der Waals surface area contributed by atoms with E-state index in [1.807, 2.05) is 29.6 Å². The molecule has 1 aromatic rings. The summed E-state index contributed by atoms with van der Waals surface area (Å²) >= 11 is 11.1. The minimum atomic E-state index is -4.86. The maximum atomic E-state index is 12.2. The van der Waals surface area contributed by atoms with E-state index in [0.29, 0.717) is 29.6 Å². The van der Waals surface area contributed by atoms with Crippen LogP contribution in [0.25, 0.3) is 0 Å². The van der Waals surface area contributed by atoms with Crippen LogP contribution in [-0.4, -0.2) is 47.8 Å². The Morgan fingerprint density at radius 2 is 2.00 bits per heavy atom. The highest BCUT2D eigenvalue weighted by Gasteiger charge is 2.40. The van der Waals surface area contributed by atoms with Crippen molar-refractivity contribution in [2.75, 3.05) is 19.6 Å². The second-order valence-electron chi connectivity index (χ2n) is 5.51. The molecule has 24 heavy (non-hydrogen) atoms. The quantitative estimate of drug-likeness (QED) is 0.789. The molecule has 1 saturated heterocycles. The van der Waals surface area contributed by atoms with Gasteiger partial charge in [-0.15, -0.1) is 0 Å². The number of rotatable bonds is 4. The van der Waals surface area contributed by atoms with E-state index in [4.69, 9.17) is 23.8 Å². The Hall–Kier alpha value is -1.54. The normalized spacial score (nSPS) is 17.7. The molecule has 1 aliphatic heterocycles. The highest BCUT2D eigenvalue weighted by Crippen LogP contribution is 2.17. The molecule has 1 heterocycles. The van der Waals surface area contributed by atoms with Gasteiger partial charge in [0.15, 0.2) is 5.11 Å². The molecule has 1 atom stereocenters. The van der Waals surface area contributed by atoms with Gasteiger partial charge in [0.1, 0.15) is 0 Å². The first-order valence-corrected chi connectivity index (χ1v) is 8.19. The number of amides is 1. The molecule has 1 aliphatic rings. The van der Waals surface area contributed by atoms with E-state index in [2.05, 4.69) is 5.32 Å². The van der Waals surface area contributed by atoms with Crippen LogP contribution in [0.5, 0.6) is 0 Å². The number of carbonyl (C=O) groups is 1. The lowest BCUT2D eigenvalue weighted by molar-refractivity contribution is -0.174. The van der Waals surface area contributed by atoms with E-state index < -0.39 is 18.1 Å². The van der Waals surface area contributed by atoms with Crippen molar-refractivity contribution in [3.8, 4) is 0 Å². The number of nitrogens with one attached hydrogen (secondary N) is 2. The van der Waals surface area contributed by atoms with Crippen LogP contribution in [-0.2, 0) is 11.2 Å². The minimum absolute atomic E-state index is 0.272. The number of halogens is 4. The van der Waals surface area contributed by atoms with Crippen LogP contribution in [0.3, 0.4) is 0 Å². The number of benzene rings is 1. The van der Waals surface area contributed by atoms with Crippen molar-refractivity contribution in [3.63, 3.8) is 0 Å². The van der Waals surface area contributed by atoms with E-state index in [0.717, 1.165) is 12.0 Å². The van der Waals surface area contributed by atoms with Gasteiger partial charge in [0.05, 0.1) is 0 Å². The number of hydrogen-bond donors (Lipinski definition) is 2. The zero-order chi connectivity index (χ0) is 17.7. The highest BCUT2D eigenvalue weighted by molar-refractivity contribution is 7.80. The number of carbonyl (C=O) groups excluding carboxylic acids is 1. The van der Waals surface area contributed by atoms with Gasteiger partial charge >= 0.3 is 12.1 Å². The van der Waals surface area contributed by atoms with Crippen molar-refractivity contribution in [1.29, 1.82) is 0 Å². The SMILES string of the molecule is O=C(NC1CCN(C(=S)NCCc2ccc(Cl)cc2)C1)C(F)(F)F. The van der Waals surface area contributed by atoms with E-state index in [1.54, 1.807) is 4.90 Å². The first kappa shape index (κ1) is 18.8. The lowest BCUT2D eigenvalue weighted by Gasteiger charge is -2.21. The number of nitrogens with zero attached hydrogens (tertiary/aromatic N) is 1. The van der Waals surface area contributed by atoms with Crippen LogP contribution in [0.2, 0.25) is 5.02 Å². The van der Waals surface area contributed by atoms with E-state index in [9.17, 15) is 18.0 Å². The summed E-state index contributed by atoms with van der Waals surface area (Å²) in [6, 6.07) is 6.92. The molecule has 0 saturated carbocycles. The zero-order valence-electron chi connectivity index (χ0n) is 12.7. The third-order valence-corrected chi connectivity index (χ3v) is 4.33. The molecule has 4 nitrogen and oxygen atoms in total. The van der Waals surface area contributed by atoms with Crippen LogP contribution in [0.1, 0.15) is 12.0 Å². The summed E-state index contributed by atoms with van der Waals surface area (Å²) in [5.74, 6) is -1.91. The first-order valence-electron chi connectivity index (χ1n) is 7.40. The molecule has 1 amide bonds. The Labute approximate surface area is 148 Å². The van der Waals surface area contributed by atoms with Crippen LogP contribution in [0.4, 0.5) is 13.2 Å². The Kier molecular flexibility index (Phi) is 6.28. The number of likely N-dealkylation sites (tertiary alicyclic amines) is 1. The maximum absolute atomic E-state index is 12.2. The second kappa shape index (κ2) is 8.02. The molecule has 0 aliphatic carbocycles. The smallest absolute Gasteiger partial charge is 0.362 e. The van der Waals surface area contributed by atoms with E-state index in [1.165, 1.54) is 0 Å². The summed E-state index contributed by atoms with van der Waals surface area (Å²) in [7, 11) is 0. The highest BCUT2D eigenvalue weighted by atomic mass is 35.5. The summed E-state index contributed by atoms with van der Waals surface area (Å²) in [6.45, 7) is 1.39. The number of thiocarbonyl (C=S) groups is 1.